The van der Waals surface area contributed by atoms with Gasteiger partial charge < -0.3 is 15.2 Å². The molecule has 0 saturated carbocycles. The number of halogens is 1. The van der Waals surface area contributed by atoms with E-state index < -0.39 is 18.1 Å². The van der Waals surface area contributed by atoms with Gasteiger partial charge in [-0.3, -0.25) is 0 Å². The summed E-state index contributed by atoms with van der Waals surface area (Å²) in [4.78, 5) is 23.1. The summed E-state index contributed by atoms with van der Waals surface area (Å²) in [5, 5.41) is 12.0. The molecule has 0 heterocycles. The molecule has 6 heteroatoms. The van der Waals surface area contributed by atoms with E-state index in [4.69, 9.17) is 9.84 Å². The van der Waals surface area contributed by atoms with Crippen molar-refractivity contribution in [3.05, 3.63) is 59.7 Å². The highest BCUT2D eigenvalue weighted by molar-refractivity contribution is 9.09. The molecule has 0 aromatic heterocycles. The summed E-state index contributed by atoms with van der Waals surface area (Å²) >= 11 is 3.18. The number of amides is 1. The summed E-state index contributed by atoms with van der Waals surface area (Å²) in [7, 11) is 0. The first-order valence-corrected chi connectivity index (χ1v) is 9.14. The molecule has 0 fully saturated rings. The lowest BCUT2D eigenvalue weighted by atomic mass is 9.98. The Morgan fingerprint density at radius 1 is 1.08 bits per heavy atom. The molecule has 0 bridgehead atoms. The van der Waals surface area contributed by atoms with Crippen LogP contribution in [0, 0.1) is 0 Å². The summed E-state index contributed by atoms with van der Waals surface area (Å²) in [5.41, 5.74) is 4.53. The summed E-state index contributed by atoms with van der Waals surface area (Å²) in [6.07, 6.45) is -0.422. The third-order valence-electron chi connectivity index (χ3n) is 4.33. The van der Waals surface area contributed by atoms with E-state index >= 15 is 0 Å². The van der Waals surface area contributed by atoms with Gasteiger partial charge in [-0.15, -0.1) is 0 Å². The topological polar surface area (TPSA) is 75.6 Å². The molecule has 1 aliphatic rings. The number of fused-ring (bicyclic) bond motifs is 3. The summed E-state index contributed by atoms with van der Waals surface area (Å²) < 4.78 is 5.34. The fourth-order valence-electron chi connectivity index (χ4n) is 3.15. The number of carboxylic acids is 1. The molecule has 25 heavy (non-hydrogen) atoms. The zero-order valence-electron chi connectivity index (χ0n) is 13.4. The average molecular weight is 404 g/mol. The Hall–Kier alpha value is -2.34. The second-order valence-corrected chi connectivity index (χ2v) is 6.63. The molecule has 1 atom stereocenters. The highest BCUT2D eigenvalue weighted by Gasteiger charge is 2.29. The van der Waals surface area contributed by atoms with Crippen molar-refractivity contribution in [2.45, 2.75) is 18.4 Å². The number of carboxylic acid groups (broad SMARTS) is 1. The molecule has 2 N–H and O–H groups in total. The van der Waals surface area contributed by atoms with Crippen LogP contribution < -0.4 is 5.32 Å². The van der Waals surface area contributed by atoms with Gasteiger partial charge in [-0.1, -0.05) is 64.5 Å². The highest BCUT2D eigenvalue weighted by atomic mass is 79.9. The average Bonchev–Trinajstić information content (AvgIpc) is 2.93. The van der Waals surface area contributed by atoms with Gasteiger partial charge in [0.25, 0.3) is 0 Å². The van der Waals surface area contributed by atoms with Gasteiger partial charge >= 0.3 is 12.1 Å². The molecule has 0 radical (unpaired) electrons. The maximum atomic E-state index is 12.0. The van der Waals surface area contributed by atoms with Crippen LogP contribution in [0.3, 0.4) is 0 Å². The van der Waals surface area contributed by atoms with Gasteiger partial charge in [-0.2, -0.15) is 0 Å². The predicted molar refractivity (Wildman–Crippen MR) is 98.0 cm³/mol. The van der Waals surface area contributed by atoms with Crippen LogP contribution in [-0.4, -0.2) is 35.1 Å². The minimum atomic E-state index is -1.08. The third-order valence-corrected chi connectivity index (χ3v) is 4.79. The maximum Gasteiger partial charge on any atom is 0.407 e. The van der Waals surface area contributed by atoms with E-state index in [1.54, 1.807) is 0 Å². The van der Waals surface area contributed by atoms with Gasteiger partial charge in [0.2, 0.25) is 0 Å². The second kappa shape index (κ2) is 7.70. The van der Waals surface area contributed by atoms with E-state index in [0.29, 0.717) is 11.8 Å². The van der Waals surface area contributed by atoms with Crippen molar-refractivity contribution in [2.75, 3.05) is 11.9 Å². The smallest absolute Gasteiger partial charge is 0.407 e. The van der Waals surface area contributed by atoms with Crippen LogP contribution in [0.2, 0.25) is 0 Å². The highest BCUT2D eigenvalue weighted by Crippen LogP contribution is 2.44. The van der Waals surface area contributed by atoms with Gasteiger partial charge in [0.15, 0.2) is 0 Å². The number of alkyl halides is 1. The quantitative estimate of drug-likeness (QED) is 0.719. The van der Waals surface area contributed by atoms with E-state index in [-0.39, 0.29) is 12.5 Å². The normalized spacial score (nSPS) is 13.6. The van der Waals surface area contributed by atoms with E-state index in [1.807, 2.05) is 36.4 Å². The van der Waals surface area contributed by atoms with Crippen LogP contribution in [0.1, 0.15) is 23.5 Å². The number of carbonyl (C=O) groups is 2. The Balaban J connectivity index is 1.71. The number of hydrogen-bond donors (Lipinski definition) is 2. The van der Waals surface area contributed by atoms with E-state index in [9.17, 15) is 9.59 Å². The summed E-state index contributed by atoms with van der Waals surface area (Å²) in [6.45, 7) is 0.167. The first kappa shape index (κ1) is 17.5. The van der Waals surface area contributed by atoms with Crippen LogP contribution in [-0.2, 0) is 9.53 Å². The molecular formula is C19H18BrNO4. The van der Waals surface area contributed by atoms with Crippen molar-refractivity contribution in [2.24, 2.45) is 0 Å². The SMILES string of the molecule is O=C(N[C@@H](CCBr)C(=O)O)OCC1c2ccccc2-c2ccccc21. The third kappa shape index (κ3) is 3.69. The summed E-state index contributed by atoms with van der Waals surface area (Å²) in [6, 6.07) is 15.1. The first-order chi connectivity index (χ1) is 12.1. The first-order valence-electron chi connectivity index (χ1n) is 8.02. The maximum absolute atomic E-state index is 12.0. The van der Waals surface area contributed by atoms with Gasteiger partial charge in [0.05, 0.1) is 0 Å². The Kier molecular flexibility index (Phi) is 5.38. The van der Waals surface area contributed by atoms with Crippen molar-refractivity contribution in [1.82, 2.24) is 5.32 Å². The zero-order chi connectivity index (χ0) is 17.8. The number of benzene rings is 2. The lowest BCUT2D eigenvalue weighted by Crippen LogP contribution is -2.41. The lowest BCUT2D eigenvalue weighted by molar-refractivity contribution is -0.139. The number of nitrogens with one attached hydrogen (secondary N) is 1. The molecule has 5 nitrogen and oxygen atoms in total. The molecular weight excluding hydrogens is 386 g/mol. The minimum Gasteiger partial charge on any atom is -0.480 e. The zero-order valence-corrected chi connectivity index (χ0v) is 15.0. The van der Waals surface area contributed by atoms with Crippen LogP contribution in [0.5, 0.6) is 0 Å². The van der Waals surface area contributed by atoms with Crippen LogP contribution >= 0.6 is 15.9 Å². The second-order valence-electron chi connectivity index (χ2n) is 5.84. The Labute approximate surface area is 154 Å². The number of carbonyl (C=O) groups excluding carboxylic acids is 1. The van der Waals surface area contributed by atoms with Crippen molar-refractivity contribution in [1.29, 1.82) is 0 Å². The minimum absolute atomic E-state index is 0.0439. The lowest BCUT2D eigenvalue weighted by Gasteiger charge is -2.17. The van der Waals surface area contributed by atoms with Crippen molar-refractivity contribution < 1.29 is 19.4 Å². The Morgan fingerprint density at radius 2 is 1.64 bits per heavy atom. The van der Waals surface area contributed by atoms with Gasteiger partial charge in [0.1, 0.15) is 12.6 Å². The molecule has 3 rings (SSSR count). The predicted octanol–water partition coefficient (Wildman–Crippen LogP) is 3.76. The molecule has 0 saturated heterocycles. The molecule has 1 amide bonds. The Bertz CT molecular complexity index is 747. The Morgan fingerprint density at radius 3 is 2.16 bits per heavy atom. The molecule has 0 aliphatic heterocycles. The molecule has 1 aliphatic carbocycles. The number of alkyl carbamates (subject to hydrolysis) is 1. The fourth-order valence-corrected chi connectivity index (χ4v) is 3.61. The molecule has 2 aromatic rings. The standard InChI is InChI=1S/C19H18BrNO4/c20-10-9-17(18(22)23)21-19(24)25-11-16-14-7-3-1-5-12(14)13-6-2-4-8-15(13)16/h1-8,16-17H,9-11H2,(H,21,24)(H,22,23)/t17-/m0/s1. The number of aliphatic carboxylic acids is 1. The van der Waals surface area contributed by atoms with E-state index in [1.165, 1.54) is 0 Å². The van der Waals surface area contributed by atoms with Crippen molar-refractivity contribution >= 4 is 28.0 Å². The fraction of sp³-hybridized carbons (Fsp3) is 0.263. The van der Waals surface area contributed by atoms with Crippen LogP contribution in [0.4, 0.5) is 4.79 Å². The largest absolute Gasteiger partial charge is 0.480 e. The molecule has 130 valence electrons. The molecule has 0 spiro atoms. The van der Waals surface area contributed by atoms with Gasteiger partial charge in [0, 0.05) is 11.2 Å². The van der Waals surface area contributed by atoms with Crippen LogP contribution in [0.25, 0.3) is 11.1 Å². The monoisotopic (exact) mass is 403 g/mol. The van der Waals surface area contributed by atoms with E-state index in [0.717, 1.165) is 22.3 Å². The molecule has 0 unspecified atom stereocenters. The van der Waals surface area contributed by atoms with E-state index in [2.05, 4.69) is 33.4 Å². The number of hydrogen-bond acceptors (Lipinski definition) is 3. The number of rotatable bonds is 6. The molecule has 2 aromatic carbocycles. The van der Waals surface area contributed by atoms with Crippen LogP contribution in [0.15, 0.2) is 48.5 Å². The van der Waals surface area contributed by atoms with Gasteiger partial charge in [-0.05, 0) is 28.7 Å². The summed E-state index contributed by atoms with van der Waals surface area (Å²) in [5.74, 6) is -1.12. The van der Waals surface area contributed by atoms with Gasteiger partial charge in [-0.25, -0.2) is 9.59 Å². The van der Waals surface area contributed by atoms with Crippen molar-refractivity contribution in [3.63, 3.8) is 0 Å². The number of ether oxygens (including phenoxy) is 1. The van der Waals surface area contributed by atoms with Crippen molar-refractivity contribution in [3.8, 4) is 11.1 Å².